The van der Waals surface area contributed by atoms with E-state index in [2.05, 4.69) is 6.92 Å². The molecular weight excluding hydrogens is 252 g/mol. The Balaban J connectivity index is 2.39. The van der Waals surface area contributed by atoms with E-state index in [1.165, 1.54) is 4.88 Å². The van der Waals surface area contributed by atoms with Gasteiger partial charge in [0.25, 0.3) is 0 Å². The molecule has 0 radical (unpaired) electrons. The molecule has 0 spiro atoms. The fourth-order valence-corrected chi connectivity index (χ4v) is 2.74. The molecule has 0 aliphatic heterocycles. The first-order chi connectivity index (χ1) is 8.11. The first-order valence-corrected chi connectivity index (χ1v) is 6.71. The summed E-state index contributed by atoms with van der Waals surface area (Å²) in [5.74, 6) is 0.0645. The van der Waals surface area contributed by atoms with Gasteiger partial charge in [-0.25, -0.2) is 0 Å². The molecule has 17 heavy (non-hydrogen) atoms. The summed E-state index contributed by atoms with van der Waals surface area (Å²) in [5, 5.41) is 0.603. The van der Waals surface area contributed by atoms with Gasteiger partial charge in [-0.1, -0.05) is 24.6 Å². The highest BCUT2D eigenvalue weighted by Gasteiger charge is 2.14. The lowest BCUT2D eigenvalue weighted by molar-refractivity contribution is 0.104. The molecule has 0 saturated carbocycles. The lowest BCUT2D eigenvalue weighted by atomic mass is 10.0. The Morgan fingerprint density at radius 2 is 2.06 bits per heavy atom. The van der Waals surface area contributed by atoms with E-state index in [1.54, 1.807) is 23.5 Å². The van der Waals surface area contributed by atoms with E-state index in [1.807, 2.05) is 25.1 Å². The summed E-state index contributed by atoms with van der Waals surface area (Å²) in [5.41, 5.74) is 1.66. The molecule has 0 atom stereocenters. The van der Waals surface area contributed by atoms with Gasteiger partial charge in [0.15, 0.2) is 0 Å². The first kappa shape index (κ1) is 12.3. The average molecular weight is 265 g/mol. The maximum Gasteiger partial charge on any atom is 0.203 e. The molecule has 2 aromatic rings. The lowest BCUT2D eigenvalue weighted by Gasteiger charge is -2.03. The zero-order valence-corrected chi connectivity index (χ0v) is 11.4. The van der Waals surface area contributed by atoms with E-state index < -0.39 is 0 Å². The molecule has 0 N–H and O–H groups in total. The van der Waals surface area contributed by atoms with Gasteiger partial charge in [-0.05, 0) is 43.2 Å². The van der Waals surface area contributed by atoms with Crippen molar-refractivity contribution in [2.45, 2.75) is 20.3 Å². The van der Waals surface area contributed by atoms with Crippen LogP contribution in [-0.2, 0) is 6.42 Å². The van der Waals surface area contributed by atoms with Gasteiger partial charge in [0.1, 0.15) is 0 Å². The summed E-state index contributed by atoms with van der Waals surface area (Å²) >= 11 is 7.49. The molecule has 1 aromatic carbocycles. The predicted molar refractivity (Wildman–Crippen MR) is 73.3 cm³/mol. The van der Waals surface area contributed by atoms with Crippen molar-refractivity contribution in [1.82, 2.24) is 0 Å². The minimum atomic E-state index is 0.0645. The summed E-state index contributed by atoms with van der Waals surface area (Å²) in [6.07, 6.45) is 0.965. The summed E-state index contributed by atoms with van der Waals surface area (Å²) in [6.45, 7) is 4.02. The van der Waals surface area contributed by atoms with Crippen molar-refractivity contribution < 1.29 is 4.79 Å². The zero-order chi connectivity index (χ0) is 12.4. The third-order valence-electron chi connectivity index (χ3n) is 2.68. The second-order valence-corrected chi connectivity index (χ2v) is 5.51. The predicted octanol–water partition coefficient (Wildman–Crippen LogP) is 4.50. The van der Waals surface area contributed by atoms with Crippen LogP contribution in [0.15, 0.2) is 30.3 Å². The Morgan fingerprint density at radius 1 is 1.29 bits per heavy atom. The number of ketones is 1. The van der Waals surface area contributed by atoms with Gasteiger partial charge in [-0.2, -0.15) is 0 Å². The maximum absolute atomic E-state index is 12.3. The first-order valence-electron chi connectivity index (χ1n) is 5.51. The highest BCUT2D eigenvalue weighted by Crippen LogP contribution is 2.23. The maximum atomic E-state index is 12.3. The molecule has 3 heteroatoms. The molecule has 0 bridgehead atoms. The lowest BCUT2D eigenvalue weighted by Crippen LogP contribution is -2.01. The summed E-state index contributed by atoms with van der Waals surface area (Å²) in [7, 11) is 0. The number of aryl methyl sites for hydroxylation is 2. The number of carbonyl (C=O) groups excluding carboxylic acids is 1. The normalized spacial score (nSPS) is 10.5. The number of thiophene rings is 1. The van der Waals surface area contributed by atoms with Crippen molar-refractivity contribution in [3.63, 3.8) is 0 Å². The van der Waals surface area contributed by atoms with E-state index in [-0.39, 0.29) is 5.78 Å². The number of hydrogen-bond acceptors (Lipinski definition) is 2. The van der Waals surface area contributed by atoms with Gasteiger partial charge in [0, 0.05) is 15.5 Å². The Bertz CT molecular complexity index is 557. The van der Waals surface area contributed by atoms with Gasteiger partial charge in [0.2, 0.25) is 5.78 Å². The minimum absolute atomic E-state index is 0.0645. The van der Waals surface area contributed by atoms with Crippen LogP contribution in [0.3, 0.4) is 0 Å². The van der Waals surface area contributed by atoms with Crippen LogP contribution in [0, 0.1) is 6.92 Å². The summed E-state index contributed by atoms with van der Waals surface area (Å²) < 4.78 is 0. The quantitative estimate of drug-likeness (QED) is 0.746. The molecule has 0 saturated heterocycles. The van der Waals surface area contributed by atoms with Gasteiger partial charge in [0.05, 0.1) is 4.88 Å². The summed E-state index contributed by atoms with van der Waals surface area (Å²) in [4.78, 5) is 14.3. The van der Waals surface area contributed by atoms with Gasteiger partial charge >= 0.3 is 0 Å². The fourth-order valence-electron chi connectivity index (χ4n) is 1.66. The van der Waals surface area contributed by atoms with Crippen LogP contribution < -0.4 is 0 Å². The Hall–Kier alpha value is -1.12. The van der Waals surface area contributed by atoms with E-state index >= 15 is 0 Å². The minimum Gasteiger partial charge on any atom is -0.288 e. The molecule has 0 unspecified atom stereocenters. The van der Waals surface area contributed by atoms with Crippen molar-refractivity contribution in [1.29, 1.82) is 0 Å². The van der Waals surface area contributed by atoms with Crippen molar-refractivity contribution >= 4 is 28.7 Å². The topological polar surface area (TPSA) is 17.1 Å². The van der Waals surface area contributed by atoms with E-state index in [0.29, 0.717) is 10.6 Å². The van der Waals surface area contributed by atoms with E-state index in [9.17, 15) is 4.79 Å². The molecule has 0 fully saturated rings. The Morgan fingerprint density at radius 3 is 2.71 bits per heavy atom. The number of rotatable bonds is 3. The molecule has 1 nitrogen and oxygen atoms in total. The van der Waals surface area contributed by atoms with Crippen LogP contribution in [0.25, 0.3) is 0 Å². The number of carbonyl (C=O) groups is 1. The third kappa shape index (κ3) is 2.59. The van der Waals surface area contributed by atoms with Crippen LogP contribution in [-0.4, -0.2) is 5.78 Å². The Labute approximate surface area is 110 Å². The van der Waals surface area contributed by atoms with E-state index in [0.717, 1.165) is 16.9 Å². The van der Waals surface area contributed by atoms with Crippen LogP contribution in [0.1, 0.15) is 32.6 Å². The molecule has 0 aliphatic carbocycles. The van der Waals surface area contributed by atoms with Gasteiger partial charge in [-0.3, -0.25) is 4.79 Å². The Kier molecular flexibility index (Phi) is 3.65. The van der Waals surface area contributed by atoms with Crippen LogP contribution in [0.2, 0.25) is 5.02 Å². The second kappa shape index (κ2) is 5.03. The van der Waals surface area contributed by atoms with E-state index in [4.69, 9.17) is 11.6 Å². The van der Waals surface area contributed by atoms with Crippen molar-refractivity contribution in [3.8, 4) is 0 Å². The third-order valence-corrected chi connectivity index (χ3v) is 4.14. The van der Waals surface area contributed by atoms with Gasteiger partial charge in [-0.15, -0.1) is 11.3 Å². The summed E-state index contributed by atoms with van der Waals surface area (Å²) in [6, 6.07) is 9.33. The van der Waals surface area contributed by atoms with Crippen LogP contribution >= 0.6 is 22.9 Å². The largest absolute Gasteiger partial charge is 0.288 e. The number of hydrogen-bond donors (Lipinski definition) is 0. The molecular formula is C14H13ClOS. The van der Waals surface area contributed by atoms with Crippen molar-refractivity contribution in [3.05, 3.63) is 56.2 Å². The zero-order valence-electron chi connectivity index (χ0n) is 9.79. The number of benzene rings is 1. The second-order valence-electron chi connectivity index (χ2n) is 3.91. The highest BCUT2D eigenvalue weighted by atomic mass is 35.5. The van der Waals surface area contributed by atoms with Crippen molar-refractivity contribution in [2.75, 3.05) is 0 Å². The van der Waals surface area contributed by atoms with Crippen LogP contribution in [0.5, 0.6) is 0 Å². The number of halogens is 1. The molecule has 2 rings (SSSR count). The highest BCUT2D eigenvalue weighted by molar-refractivity contribution is 7.14. The average Bonchev–Trinajstić information content (AvgIpc) is 2.80. The monoisotopic (exact) mass is 264 g/mol. The molecule has 1 aromatic heterocycles. The molecule has 88 valence electrons. The van der Waals surface area contributed by atoms with Crippen molar-refractivity contribution in [2.24, 2.45) is 0 Å². The smallest absolute Gasteiger partial charge is 0.203 e. The van der Waals surface area contributed by atoms with Crippen LogP contribution in [0.4, 0.5) is 0 Å². The fraction of sp³-hybridized carbons (Fsp3) is 0.214. The van der Waals surface area contributed by atoms with Gasteiger partial charge < -0.3 is 0 Å². The molecule has 0 aliphatic rings. The SMILES string of the molecule is CCc1ccc(C(=O)c2cc(Cl)ccc2C)s1. The molecule has 0 amide bonds. The molecule has 1 heterocycles. The standard InChI is InChI=1S/C14H13ClOS/c1-3-11-6-7-13(17-11)14(16)12-8-10(15)5-4-9(12)2/h4-8H,3H2,1-2H3.